The Hall–Kier alpha value is -1.66. The van der Waals surface area contributed by atoms with E-state index in [2.05, 4.69) is 17.0 Å². The molecule has 158 valence electrons. The van der Waals surface area contributed by atoms with Crippen molar-refractivity contribution >= 4 is 22.0 Å². The topological polar surface area (TPSA) is 75.3 Å². The SMILES string of the molecule is Cc1ccc(/C=C/S(=O)(=O)NCC(=O)NC(C)C23CC4CC(CC(C4)C2)C3)cc1. The Bertz CT molecular complexity index is 854. The van der Waals surface area contributed by atoms with E-state index in [-0.39, 0.29) is 23.9 Å². The van der Waals surface area contributed by atoms with E-state index < -0.39 is 10.0 Å². The molecule has 4 bridgehead atoms. The number of hydrogen-bond donors (Lipinski definition) is 2. The van der Waals surface area contributed by atoms with Gasteiger partial charge in [0.25, 0.3) is 0 Å². The highest BCUT2D eigenvalue weighted by molar-refractivity contribution is 7.92. The van der Waals surface area contributed by atoms with Crippen LogP contribution in [0.15, 0.2) is 29.7 Å². The lowest BCUT2D eigenvalue weighted by Crippen LogP contribution is -2.56. The van der Waals surface area contributed by atoms with E-state index in [1.54, 1.807) is 0 Å². The fraction of sp³-hybridized carbons (Fsp3) is 0.609. The third-order valence-corrected chi connectivity index (χ3v) is 8.37. The van der Waals surface area contributed by atoms with Crippen molar-refractivity contribution in [2.24, 2.45) is 23.2 Å². The molecule has 0 heterocycles. The zero-order valence-electron chi connectivity index (χ0n) is 17.4. The molecule has 1 amide bonds. The van der Waals surface area contributed by atoms with Crippen molar-refractivity contribution in [3.63, 3.8) is 0 Å². The van der Waals surface area contributed by atoms with Crippen LogP contribution in [0.1, 0.15) is 56.6 Å². The molecule has 4 fully saturated rings. The molecule has 0 aromatic heterocycles. The fourth-order valence-electron chi connectivity index (χ4n) is 6.21. The van der Waals surface area contributed by atoms with Crippen LogP contribution >= 0.6 is 0 Å². The van der Waals surface area contributed by atoms with E-state index in [4.69, 9.17) is 0 Å². The molecular formula is C23H32N2O3S. The minimum Gasteiger partial charge on any atom is -0.352 e. The van der Waals surface area contributed by atoms with Gasteiger partial charge in [0.05, 0.1) is 6.54 Å². The first-order valence-electron chi connectivity index (χ1n) is 10.8. The number of hydrogen-bond acceptors (Lipinski definition) is 3. The number of carbonyl (C=O) groups is 1. The fourth-order valence-corrected chi connectivity index (χ4v) is 6.98. The van der Waals surface area contributed by atoms with E-state index in [0.29, 0.717) is 0 Å². The van der Waals surface area contributed by atoms with Crippen molar-refractivity contribution in [2.45, 2.75) is 58.4 Å². The second kappa shape index (κ2) is 7.88. The van der Waals surface area contributed by atoms with Crippen LogP contribution in [0.5, 0.6) is 0 Å². The first kappa shape index (κ1) is 20.6. The number of sulfonamides is 1. The molecule has 0 saturated heterocycles. The summed E-state index contributed by atoms with van der Waals surface area (Å²) >= 11 is 0. The van der Waals surface area contributed by atoms with E-state index >= 15 is 0 Å². The average Bonchev–Trinajstić information content (AvgIpc) is 2.65. The molecule has 5 rings (SSSR count). The molecule has 4 aliphatic rings. The van der Waals surface area contributed by atoms with E-state index in [1.165, 1.54) is 44.6 Å². The summed E-state index contributed by atoms with van der Waals surface area (Å²) in [4.78, 5) is 12.4. The third-order valence-electron chi connectivity index (χ3n) is 7.33. The van der Waals surface area contributed by atoms with E-state index in [1.807, 2.05) is 31.2 Å². The van der Waals surface area contributed by atoms with Crippen molar-refractivity contribution < 1.29 is 13.2 Å². The Morgan fingerprint density at radius 2 is 1.66 bits per heavy atom. The van der Waals surface area contributed by atoms with Gasteiger partial charge in [-0.3, -0.25) is 4.79 Å². The van der Waals surface area contributed by atoms with Crippen LogP contribution < -0.4 is 10.0 Å². The standard InChI is InChI=1S/C23H32N2O3S/c1-16-3-5-18(6-4-16)7-8-29(27,28)24-15-22(26)25-17(2)23-12-19-9-20(13-23)11-21(10-19)14-23/h3-8,17,19-21,24H,9-15H2,1-2H3,(H,25,26)/b8-7+. The van der Waals surface area contributed by atoms with Gasteiger partial charge in [-0.1, -0.05) is 29.8 Å². The van der Waals surface area contributed by atoms with Crippen LogP contribution in [0.4, 0.5) is 0 Å². The van der Waals surface area contributed by atoms with E-state index in [9.17, 15) is 13.2 Å². The molecule has 0 radical (unpaired) electrons. The second-order valence-electron chi connectivity index (χ2n) is 9.65. The molecule has 4 aliphatic carbocycles. The summed E-state index contributed by atoms with van der Waals surface area (Å²) in [6, 6.07) is 7.68. The summed E-state index contributed by atoms with van der Waals surface area (Å²) in [5, 5.41) is 4.22. The summed E-state index contributed by atoms with van der Waals surface area (Å²) in [6.45, 7) is 3.86. The van der Waals surface area contributed by atoms with Crippen LogP contribution in [0, 0.1) is 30.1 Å². The van der Waals surface area contributed by atoms with Gasteiger partial charge in [-0.15, -0.1) is 0 Å². The average molecular weight is 417 g/mol. The highest BCUT2D eigenvalue weighted by atomic mass is 32.2. The summed E-state index contributed by atoms with van der Waals surface area (Å²) in [5.41, 5.74) is 2.14. The van der Waals surface area contributed by atoms with Gasteiger partial charge in [-0.2, -0.15) is 0 Å². The van der Waals surface area contributed by atoms with Crippen molar-refractivity contribution in [3.05, 3.63) is 40.8 Å². The van der Waals surface area contributed by atoms with Crippen LogP contribution in [0.2, 0.25) is 0 Å². The zero-order valence-corrected chi connectivity index (χ0v) is 18.2. The Labute approximate surface area is 174 Å². The monoisotopic (exact) mass is 416 g/mol. The first-order chi connectivity index (χ1) is 13.7. The molecule has 2 N–H and O–H groups in total. The normalized spacial score (nSPS) is 31.9. The molecule has 1 atom stereocenters. The van der Waals surface area contributed by atoms with Crippen LogP contribution in [-0.4, -0.2) is 26.9 Å². The van der Waals surface area contributed by atoms with E-state index in [0.717, 1.165) is 34.3 Å². The van der Waals surface area contributed by atoms with Gasteiger partial charge in [0, 0.05) is 11.4 Å². The molecule has 1 aromatic rings. The van der Waals surface area contributed by atoms with Crippen molar-refractivity contribution in [1.29, 1.82) is 0 Å². The van der Waals surface area contributed by atoms with Gasteiger partial charge in [0.1, 0.15) is 0 Å². The third kappa shape index (κ3) is 4.75. The molecule has 5 nitrogen and oxygen atoms in total. The molecule has 0 spiro atoms. The molecule has 1 unspecified atom stereocenters. The predicted octanol–water partition coefficient (Wildman–Crippen LogP) is 3.61. The minimum atomic E-state index is -3.66. The lowest BCUT2D eigenvalue weighted by molar-refractivity contribution is -0.124. The summed E-state index contributed by atoms with van der Waals surface area (Å²) < 4.78 is 26.8. The molecule has 4 saturated carbocycles. The zero-order chi connectivity index (χ0) is 20.6. The number of nitrogens with one attached hydrogen (secondary N) is 2. The molecule has 1 aromatic carbocycles. The van der Waals surface area contributed by atoms with Gasteiger partial charge >= 0.3 is 0 Å². The van der Waals surface area contributed by atoms with Gasteiger partial charge in [-0.25, -0.2) is 13.1 Å². The number of aryl methyl sites for hydroxylation is 1. The molecular weight excluding hydrogens is 384 g/mol. The second-order valence-corrected chi connectivity index (χ2v) is 11.3. The molecule has 29 heavy (non-hydrogen) atoms. The van der Waals surface area contributed by atoms with Crippen LogP contribution in [-0.2, 0) is 14.8 Å². The summed E-state index contributed by atoms with van der Waals surface area (Å²) in [5.74, 6) is 2.23. The van der Waals surface area contributed by atoms with Gasteiger partial charge < -0.3 is 5.32 Å². The first-order valence-corrected chi connectivity index (χ1v) is 12.3. The smallest absolute Gasteiger partial charge is 0.235 e. The van der Waals surface area contributed by atoms with Gasteiger partial charge in [0.2, 0.25) is 15.9 Å². The van der Waals surface area contributed by atoms with Gasteiger partial charge in [0.15, 0.2) is 0 Å². The Morgan fingerprint density at radius 1 is 1.10 bits per heavy atom. The minimum absolute atomic E-state index is 0.0935. The number of carbonyl (C=O) groups excluding carboxylic acids is 1. The van der Waals surface area contributed by atoms with Gasteiger partial charge in [-0.05, 0) is 87.2 Å². The largest absolute Gasteiger partial charge is 0.352 e. The summed E-state index contributed by atoms with van der Waals surface area (Å²) in [7, 11) is -3.66. The maximum absolute atomic E-state index is 12.4. The molecule has 6 heteroatoms. The maximum atomic E-state index is 12.4. The lowest BCUT2D eigenvalue weighted by Gasteiger charge is -2.59. The quantitative estimate of drug-likeness (QED) is 0.713. The Kier molecular flexibility index (Phi) is 5.60. The predicted molar refractivity (Wildman–Crippen MR) is 115 cm³/mol. The number of rotatable bonds is 7. The Balaban J connectivity index is 1.30. The number of benzene rings is 1. The summed E-state index contributed by atoms with van der Waals surface area (Å²) in [6.07, 6.45) is 9.28. The van der Waals surface area contributed by atoms with Crippen molar-refractivity contribution in [1.82, 2.24) is 10.0 Å². The highest BCUT2D eigenvalue weighted by Crippen LogP contribution is 2.61. The maximum Gasteiger partial charge on any atom is 0.235 e. The Morgan fingerprint density at radius 3 is 2.21 bits per heavy atom. The molecule has 0 aliphatic heterocycles. The number of amides is 1. The van der Waals surface area contributed by atoms with Crippen molar-refractivity contribution in [3.8, 4) is 0 Å². The van der Waals surface area contributed by atoms with Crippen LogP contribution in [0.25, 0.3) is 6.08 Å². The highest BCUT2D eigenvalue weighted by Gasteiger charge is 2.53. The van der Waals surface area contributed by atoms with Crippen molar-refractivity contribution in [2.75, 3.05) is 6.54 Å². The van der Waals surface area contributed by atoms with Crippen LogP contribution in [0.3, 0.4) is 0 Å². The lowest BCUT2D eigenvalue weighted by atomic mass is 9.48.